The average Bonchev–Trinajstić information content (AvgIpc) is 3.27. The minimum absolute atomic E-state index is 0.0657. The fourth-order valence-electron chi connectivity index (χ4n) is 5.94. The summed E-state index contributed by atoms with van der Waals surface area (Å²) in [5.41, 5.74) is 4.62. The second kappa shape index (κ2) is 13.4. The lowest BCUT2D eigenvalue weighted by Gasteiger charge is -2.26. The van der Waals surface area contributed by atoms with Crippen molar-refractivity contribution >= 4 is 23.5 Å². The Hall–Kier alpha value is -3.56. The Labute approximate surface area is 241 Å². The summed E-state index contributed by atoms with van der Waals surface area (Å²) < 4.78 is 11.4. The Balaban J connectivity index is 1.06. The Kier molecular flexibility index (Phi) is 9.46. The number of carbonyl (C=O) groups excluding carboxylic acids is 4. The number of ether oxygens (including phenoxy) is 2. The van der Waals surface area contributed by atoms with Crippen LogP contribution in [0.25, 0.3) is 0 Å². The summed E-state index contributed by atoms with van der Waals surface area (Å²) in [5, 5.41) is 5.39. The highest BCUT2D eigenvalue weighted by Gasteiger charge is 2.33. The summed E-state index contributed by atoms with van der Waals surface area (Å²) in [6.07, 6.45) is 3.06. The van der Waals surface area contributed by atoms with Gasteiger partial charge < -0.3 is 14.8 Å². The van der Waals surface area contributed by atoms with Crippen molar-refractivity contribution in [2.45, 2.75) is 52.0 Å². The number of imide groups is 1. The molecule has 9 nitrogen and oxygen atoms in total. The van der Waals surface area contributed by atoms with Crippen molar-refractivity contribution in [3.05, 3.63) is 64.2 Å². The number of benzene rings is 2. The molecule has 2 aromatic carbocycles. The first-order valence-electron chi connectivity index (χ1n) is 14.6. The SMILES string of the molecule is Cc1cc(CC(=O)NCc2ccc3c(c2)CC(CCC2CCC(=O)NC2=O)C3=O)ccc1OCCN1CCOCC1. The lowest BCUT2D eigenvalue weighted by Crippen LogP contribution is -2.40. The maximum Gasteiger partial charge on any atom is 0.229 e. The molecule has 2 unspecified atom stereocenters. The Morgan fingerprint density at radius 2 is 1.83 bits per heavy atom. The van der Waals surface area contributed by atoms with Gasteiger partial charge in [-0.3, -0.25) is 29.4 Å². The van der Waals surface area contributed by atoms with Gasteiger partial charge in [0.05, 0.1) is 19.6 Å². The summed E-state index contributed by atoms with van der Waals surface area (Å²) in [6, 6.07) is 11.6. The van der Waals surface area contributed by atoms with E-state index in [0.29, 0.717) is 45.3 Å². The first kappa shape index (κ1) is 29.0. The first-order chi connectivity index (χ1) is 19.9. The number of piperidine rings is 1. The number of hydrogen-bond donors (Lipinski definition) is 2. The van der Waals surface area contributed by atoms with Crippen molar-refractivity contribution in [2.24, 2.45) is 11.8 Å². The molecule has 2 saturated heterocycles. The van der Waals surface area contributed by atoms with Gasteiger partial charge in [0.15, 0.2) is 5.78 Å². The molecule has 5 rings (SSSR count). The molecule has 218 valence electrons. The molecule has 41 heavy (non-hydrogen) atoms. The van der Waals surface area contributed by atoms with E-state index in [1.54, 1.807) is 0 Å². The molecule has 1 aliphatic carbocycles. The molecule has 2 fully saturated rings. The lowest BCUT2D eigenvalue weighted by atomic mass is 9.88. The van der Waals surface area contributed by atoms with Crippen LogP contribution in [0, 0.1) is 18.8 Å². The topological polar surface area (TPSA) is 114 Å². The van der Waals surface area contributed by atoms with Crippen LogP contribution in [-0.4, -0.2) is 67.9 Å². The second-order valence-corrected chi connectivity index (χ2v) is 11.3. The highest BCUT2D eigenvalue weighted by molar-refractivity contribution is 6.02. The standard InChI is InChI=1S/C32H39N3O6/c1-21-16-22(3-8-28(21)41-15-12-35-10-13-40-14-11-35)18-30(37)33-20-23-2-7-27-26(17-23)19-25(31(27)38)5-4-24-6-9-29(36)34-32(24)39/h2-3,7-8,16-17,24-25H,4-6,9-15,18-20H2,1H3,(H,33,37)(H,34,36,39). The Bertz CT molecular complexity index is 1300. The van der Waals surface area contributed by atoms with Crippen molar-refractivity contribution < 1.29 is 28.7 Å². The molecule has 0 saturated carbocycles. The molecule has 0 radical (unpaired) electrons. The third-order valence-electron chi connectivity index (χ3n) is 8.35. The molecule has 0 aromatic heterocycles. The molecule has 3 amide bonds. The van der Waals surface area contributed by atoms with Crippen LogP contribution in [0.4, 0.5) is 0 Å². The zero-order valence-electron chi connectivity index (χ0n) is 23.7. The predicted molar refractivity (Wildman–Crippen MR) is 153 cm³/mol. The van der Waals surface area contributed by atoms with E-state index in [1.165, 1.54) is 0 Å². The van der Waals surface area contributed by atoms with E-state index < -0.39 is 0 Å². The van der Waals surface area contributed by atoms with Gasteiger partial charge in [0, 0.05) is 50.0 Å². The molecule has 2 aliphatic heterocycles. The predicted octanol–water partition coefficient (Wildman–Crippen LogP) is 2.75. The second-order valence-electron chi connectivity index (χ2n) is 11.3. The van der Waals surface area contributed by atoms with Gasteiger partial charge in [0.1, 0.15) is 12.4 Å². The number of ketones is 1. The van der Waals surface area contributed by atoms with Crippen LogP contribution in [0.15, 0.2) is 36.4 Å². The fourth-order valence-corrected chi connectivity index (χ4v) is 5.94. The first-order valence-corrected chi connectivity index (χ1v) is 14.6. The maximum absolute atomic E-state index is 12.9. The summed E-state index contributed by atoms with van der Waals surface area (Å²) in [4.78, 5) is 51.4. The molecule has 9 heteroatoms. The van der Waals surface area contributed by atoms with E-state index in [9.17, 15) is 19.2 Å². The van der Waals surface area contributed by atoms with Crippen molar-refractivity contribution in [1.82, 2.24) is 15.5 Å². The zero-order chi connectivity index (χ0) is 28.8. The molecular formula is C32H39N3O6. The van der Waals surface area contributed by atoms with E-state index >= 15 is 0 Å². The monoisotopic (exact) mass is 561 g/mol. The van der Waals surface area contributed by atoms with Crippen molar-refractivity contribution in [3.63, 3.8) is 0 Å². The molecular weight excluding hydrogens is 522 g/mol. The highest BCUT2D eigenvalue weighted by atomic mass is 16.5. The molecule has 2 heterocycles. The van der Waals surface area contributed by atoms with E-state index in [-0.39, 0.29) is 41.8 Å². The van der Waals surface area contributed by atoms with Gasteiger partial charge in [0.25, 0.3) is 0 Å². The maximum atomic E-state index is 12.9. The van der Waals surface area contributed by atoms with Gasteiger partial charge in [-0.1, -0.05) is 30.3 Å². The van der Waals surface area contributed by atoms with Gasteiger partial charge in [0.2, 0.25) is 17.7 Å². The van der Waals surface area contributed by atoms with Crippen LogP contribution in [0.1, 0.15) is 58.3 Å². The molecule has 0 bridgehead atoms. The fraction of sp³-hybridized carbons (Fsp3) is 0.500. The summed E-state index contributed by atoms with van der Waals surface area (Å²) in [6.45, 7) is 7.30. The average molecular weight is 562 g/mol. The summed E-state index contributed by atoms with van der Waals surface area (Å²) in [7, 11) is 0. The van der Waals surface area contributed by atoms with Gasteiger partial charge in [-0.25, -0.2) is 0 Å². The van der Waals surface area contributed by atoms with Crippen molar-refractivity contribution in [2.75, 3.05) is 39.5 Å². The normalized spacial score (nSPS) is 21.0. The third-order valence-corrected chi connectivity index (χ3v) is 8.35. The number of nitrogens with one attached hydrogen (secondary N) is 2. The number of aryl methyl sites for hydroxylation is 1. The number of amides is 3. The minimum Gasteiger partial charge on any atom is -0.492 e. The summed E-state index contributed by atoms with van der Waals surface area (Å²) in [5.74, 6) is 0.101. The Morgan fingerprint density at radius 3 is 2.61 bits per heavy atom. The number of morpholine rings is 1. The van der Waals surface area contributed by atoms with E-state index in [2.05, 4.69) is 15.5 Å². The summed E-state index contributed by atoms with van der Waals surface area (Å²) >= 11 is 0. The number of hydrogen-bond acceptors (Lipinski definition) is 7. The van der Waals surface area contributed by atoms with Gasteiger partial charge in [-0.05, 0) is 60.9 Å². The number of nitrogens with zero attached hydrogens (tertiary/aromatic N) is 1. The van der Waals surface area contributed by atoms with E-state index in [1.807, 2.05) is 43.3 Å². The number of rotatable bonds is 11. The molecule has 2 atom stereocenters. The van der Waals surface area contributed by atoms with Crippen LogP contribution in [0.3, 0.4) is 0 Å². The third kappa shape index (κ3) is 7.59. The smallest absolute Gasteiger partial charge is 0.229 e. The van der Waals surface area contributed by atoms with Crippen LogP contribution >= 0.6 is 0 Å². The van der Waals surface area contributed by atoms with Crippen LogP contribution in [0.2, 0.25) is 0 Å². The quantitative estimate of drug-likeness (QED) is 0.406. The van der Waals surface area contributed by atoms with Crippen molar-refractivity contribution in [1.29, 1.82) is 0 Å². The lowest BCUT2D eigenvalue weighted by molar-refractivity contribution is -0.136. The molecule has 0 spiro atoms. The van der Waals surface area contributed by atoms with E-state index in [0.717, 1.165) is 66.4 Å². The highest BCUT2D eigenvalue weighted by Crippen LogP contribution is 2.32. The van der Waals surface area contributed by atoms with Crippen LogP contribution < -0.4 is 15.4 Å². The van der Waals surface area contributed by atoms with Crippen LogP contribution in [0.5, 0.6) is 5.75 Å². The van der Waals surface area contributed by atoms with Gasteiger partial charge in [-0.2, -0.15) is 0 Å². The Morgan fingerprint density at radius 1 is 1.05 bits per heavy atom. The number of fused-ring (bicyclic) bond motifs is 1. The van der Waals surface area contributed by atoms with Crippen LogP contribution in [-0.2, 0) is 38.5 Å². The van der Waals surface area contributed by atoms with Gasteiger partial charge >= 0.3 is 0 Å². The van der Waals surface area contributed by atoms with Gasteiger partial charge in [-0.15, -0.1) is 0 Å². The zero-order valence-corrected chi connectivity index (χ0v) is 23.7. The number of Topliss-reactive ketones (excluding diaryl/α,β-unsaturated/α-hetero) is 1. The van der Waals surface area contributed by atoms with Crippen molar-refractivity contribution in [3.8, 4) is 5.75 Å². The largest absolute Gasteiger partial charge is 0.492 e. The molecule has 3 aliphatic rings. The molecule has 2 aromatic rings. The van der Waals surface area contributed by atoms with E-state index in [4.69, 9.17) is 9.47 Å². The minimum atomic E-state index is -0.221. The number of carbonyl (C=O) groups is 4. The molecule has 2 N–H and O–H groups in total.